The Kier molecular flexibility index (Phi) is 48.0. The third-order valence-electron chi connectivity index (χ3n) is 10.7. The standard InChI is InChI=1S/C57H94O6/c1-4-7-10-13-16-19-22-25-27-28-30-32-35-38-41-44-47-50-56(59)62-53-54(52-61-55(58)49-46-43-40-37-34-31-24-21-18-15-12-9-6-3)63-57(60)51-48-45-42-39-36-33-29-26-23-20-17-14-11-8-5-2/h8-9,11-12,14-15,17-18,20-21,23-27,29,54H,4-7,10,13,16,19,22,28,30-53H2,1-3H3/b11-8-,12-9-,17-14-,18-15-,23-20-,24-21-,27-25-,29-26-. The molecular weight excluding hydrogens is 781 g/mol. The predicted octanol–water partition coefficient (Wildman–Crippen LogP) is 17.0. The largest absolute Gasteiger partial charge is 0.462 e. The Hall–Kier alpha value is -3.67. The lowest BCUT2D eigenvalue weighted by Gasteiger charge is -2.18. The SMILES string of the molecule is CC\C=C/C=C\C=C/C=C\CCCCCCCC(=O)OC(COC(=O)CCCCCCC\C=C/C=C\C=C/CC)COC(=O)CCCCCCCCC/C=C\CCCCCCCC. The maximum absolute atomic E-state index is 12.8. The van der Waals surface area contributed by atoms with E-state index in [4.69, 9.17) is 14.2 Å². The molecule has 0 aliphatic carbocycles. The predicted molar refractivity (Wildman–Crippen MR) is 270 cm³/mol. The number of allylic oxidation sites excluding steroid dienone is 16. The van der Waals surface area contributed by atoms with Crippen LogP contribution in [0.5, 0.6) is 0 Å². The van der Waals surface area contributed by atoms with E-state index in [9.17, 15) is 14.4 Å². The summed E-state index contributed by atoms with van der Waals surface area (Å²) in [5.74, 6) is -0.949. The summed E-state index contributed by atoms with van der Waals surface area (Å²) in [6.45, 7) is 6.31. The van der Waals surface area contributed by atoms with Crippen molar-refractivity contribution < 1.29 is 28.6 Å². The molecule has 0 aliphatic heterocycles. The molecule has 0 radical (unpaired) electrons. The molecule has 63 heavy (non-hydrogen) atoms. The summed E-state index contributed by atoms with van der Waals surface area (Å²) in [6.07, 6.45) is 66.7. The Balaban J connectivity index is 4.45. The van der Waals surface area contributed by atoms with Crippen LogP contribution < -0.4 is 0 Å². The maximum atomic E-state index is 12.8. The normalized spacial score (nSPS) is 12.9. The molecule has 0 aromatic heterocycles. The fraction of sp³-hybridized carbons (Fsp3) is 0.667. The number of carbonyl (C=O) groups excluding carboxylic acids is 3. The summed E-state index contributed by atoms with van der Waals surface area (Å²) >= 11 is 0. The van der Waals surface area contributed by atoms with Gasteiger partial charge in [0, 0.05) is 19.3 Å². The first-order valence-corrected chi connectivity index (χ1v) is 25.8. The molecule has 1 unspecified atom stereocenters. The zero-order chi connectivity index (χ0) is 45.8. The minimum absolute atomic E-state index is 0.0974. The van der Waals surface area contributed by atoms with Crippen molar-refractivity contribution in [3.63, 3.8) is 0 Å². The molecule has 0 aliphatic rings. The van der Waals surface area contributed by atoms with Gasteiger partial charge in [0.05, 0.1) is 0 Å². The zero-order valence-corrected chi connectivity index (χ0v) is 40.8. The lowest BCUT2D eigenvalue weighted by atomic mass is 10.1. The molecule has 0 bridgehead atoms. The molecule has 6 heteroatoms. The topological polar surface area (TPSA) is 78.9 Å². The van der Waals surface area contributed by atoms with E-state index in [0.29, 0.717) is 19.3 Å². The zero-order valence-electron chi connectivity index (χ0n) is 40.8. The molecule has 0 saturated heterocycles. The molecule has 0 fully saturated rings. The molecule has 0 spiro atoms. The number of hydrogen-bond donors (Lipinski definition) is 0. The Bertz CT molecular complexity index is 1280. The van der Waals surface area contributed by atoms with Crippen LogP contribution >= 0.6 is 0 Å². The molecular formula is C57H94O6. The van der Waals surface area contributed by atoms with Gasteiger partial charge < -0.3 is 14.2 Å². The van der Waals surface area contributed by atoms with Crippen molar-refractivity contribution in [3.05, 3.63) is 97.2 Å². The Morgan fingerprint density at radius 3 is 1.02 bits per heavy atom. The van der Waals surface area contributed by atoms with E-state index >= 15 is 0 Å². The van der Waals surface area contributed by atoms with Crippen molar-refractivity contribution in [2.45, 2.75) is 232 Å². The molecule has 1 atom stereocenters. The smallest absolute Gasteiger partial charge is 0.306 e. The van der Waals surface area contributed by atoms with E-state index < -0.39 is 6.10 Å². The van der Waals surface area contributed by atoms with Gasteiger partial charge in [0.25, 0.3) is 0 Å². The van der Waals surface area contributed by atoms with E-state index in [2.05, 4.69) is 93.7 Å². The lowest BCUT2D eigenvalue weighted by Crippen LogP contribution is -2.30. The summed E-state index contributed by atoms with van der Waals surface area (Å²) in [6, 6.07) is 0. The van der Waals surface area contributed by atoms with Crippen molar-refractivity contribution in [1.29, 1.82) is 0 Å². The molecule has 0 amide bonds. The second-order valence-electron chi connectivity index (χ2n) is 16.8. The second kappa shape index (κ2) is 51.0. The van der Waals surface area contributed by atoms with Gasteiger partial charge in [0.1, 0.15) is 13.2 Å². The van der Waals surface area contributed by atoms with Gasteiger partial charge in [-0.25, -0.2) is 0 Å². The van der Waals surface area contributed by atoms with Crippen LogP contribution in [-0.2, 0) is 28.6 Å². The highest BCUT2D eigenvalue weighted by Gasteiger charge is 2.19. The number of ether oxygens (including phenoxy) is 3. The molecule has 358 valence electrons. The number of esters is 3. The summed E-state index contributed by atoms with van der Waals surface area (Å²) in [4.78, 5) is 38.0. The fourth-order valence-electron chi connectivity index (χ4n) is 6.86. The number of hydrogen-bond acceptors (Lipinski definition) is 6. The van der Waals surface area contributed by atoms with Crippen molar-refractivity contribution >= 4 is 17.9 Å². The van der Waals surface area contributed by atoms with Gasteiger partial charge in [-0.1, -0.05) is 221 Å². The van der Waals surface area contributed by atoms with Crippen molar-refractivity contribution in [2.75, 3.05) is 13.2 Å². The van der Waals surface area contributed by atoms with Gasteiger partial charge in [-0.15, -0.1) is 0 Å². The van der Waals surface area contributed by atoms with E-state index in [1.165, 1.54) is 77.0 Å². The van der Waals surface area contributed by atoms with Crippen molar-refractivity contribution in [3.8, 4) is 0 Å². The summed E-state index contributed by atoms with van der Waals surface area (Å²) in [5, 5.41) is 0. The van der Waals surface area contributed by atoms with Gasteiger partial charge in [0.15, 0.2) is 6.10 Å². The second-order valence-corrected chi connectivity index (χ2v) is 16.8. The average molecular weight is 875 g/mol. The molecule has 0 rings (SSSR count). The number of carbonyl (C=O) groups is 3. The van der Waals surface area contributed by atoms with Crippen LogP contribution in [0.2, 0.25) is 0 Å². The van der Waals surface area contributed by atoms with Crippen LogP contribution in [0.1, 0.15) is 226 Å². The third-order valence-corrected chi connectivity index (χ3v) is 10.7. The fourth-order valence-corrected chi connectivity index (χ4v) is 6.86. The third kappa shape index (κ3) is 49.2. The van der Waals surface area contributed by atoms with Crippen LogP contribution in [0.25, 0.3) is 0 Å². The first-order chi connectivity index (χ1) is 31.0. The van der Waals surface area contributed by atoms with Gasteiger partial charge in [0.2, 0.25) is 0 Å². The van der Waals surface area contributed by atoms with E-state index in [0.717, 1.165) is 109 Å². The highest BCUT2D eigenvalue weighted by atomic mass is 16.6. The molecule has 0 aromatic rings. The summed E-state index contributed by atoms with van der Waals surface area (Å²) in [7, 11) is 0. The Morgan fingerprint density at radius 1 is 0.333 bits per heavy atom. The average Bonchev–Trinajstić information content (AvgIpc) is 3.28. The van der Waals surface area contributed by atoms with Gasteiger partial charge in [-0.2, -0.15) is 0 Å². The summed E-state index contributed by atoms with van der Waals surface area (Å²) in [5.41, 5.74) is 0. The number of rotatable bonds is 45. The van der Waals surface area contributed by atoms with Gasteiger partial charge in [-0.3, -0.25) is 14.4 Å². The van der Waals surface area contributed by atoms with Gasteiger partial charge >= 0.3 is 17.9 Å². The van der Waals surface area contributed by atoms with Crippen molar-refractivity contribution in [2.24, 2.45) is 0 Å². The minimum Gasteiger partial charge on any atom is -0.462 e. The van der Waals surface area contributed by atoms with Crippen molar-refractivity contribution in [1.82, 2.24) is 0 Å². The Morgan fingerprint density at radius 2 is 0.635 bits per heavy atom. The molecule has 0 heterocycles. The lowest BCUT2D eigenvalue weighted by molar-refractivity contribution is -0.167. The molecule has 0 aromatic carbocycles. The highest BCUT2D eigenvalue weighted by Crippen LogP contribution is 2.14. The van der Waals surface area contributed by atoms with Crippen LogP contribution in [0, 0.1) is 0 Å². The quantitative estimate of drug-likeness (QED) is 0.0199. The molecule has 0 N–H and O–H groups in total. The molecule has 0 saturated carbocycles. The minimum atomic E-state index is -0.800. The van der Waals surface area contributed by atoms with Crippen LogP contribution in [0.4, 0.5) is 0 Å². The van der Waals surface area contributed by atoms with Crippen LogP contribution in [0.3, 0.4) is 0 Å². The first-order valence-electron chi connectivity index (χ1n) is 25.8. The highest BCUT2D eigenvalue weighted by molar-refractivity contribution is 5.71. The first kappa shape index (κ1) is 59.3. The van der Waals surface area contributed by atoms with Crippen LogP contribution in [0.15, 0.2) is 97.2 Å². The number of unbranched alkanes of at least 4 members (excludes halogenated alkanes) is 23. The van der Waals surface area contributed by atoms with E-state index in [1.807, 2.05) is 24.3 Å². The summed E-state index contributed by atoms with van der Waals surface area (Å²) < 4.78 is 16.8. The van der Waals surface area contributed by atoms with E-state index in [1.54, 1.807) is 0 Å². The monoisotopic (exact) mass is 875 g/mol. The van der Waals surface area contributed by atoms with E-state index in [-0.39, 0.29) is 31.1 Å². The Labute approximate surface area is 387 Å². The van der Waals surface area contributed by atoms with Gasteiger partial charge in [-0.05, 0) is 83.5 Å². The molecule has 6 nitrogen and oxygen atoms in total. The van der Waals surface area contributed by atoms with Crippen LogP contribution in [-0.4, -0.2) is 37.2 Å². The maximum Gasteiger partial charge on any atom is 0.306 e.